The van der Waals surface area contributed by atoms with Crippen LogP contribution in [0.15, 0.2) is 0 Å². The van der Waals surface area contributed by atoms with Crippen molar-refractivity contribution in [2.45, 2.75) is 104 Å². The molecule has 208 valence electrons. The van der Waals surface area contributed by atoms with Crippen LogP contribution in [-0.4, -0.2) is 48.4 Å². The molecule has 4 fully saturated rings. The number of hydrogen-bond donors (Lipinski definition) is 2. The van der Waals surface area contributed by atoms with E-state index < -0.39 is 36.1 Å². The van der Waals surface area contributed by atoms with Gasteiger partial charge in [0.05, 0.1) is 6.04 Å². The Hall–Kier alpha value is -1.96. The Balaban J connectivity index is 1.32. The smallest absolute Gasteiger partial charge is 0.344 e. The summed E-state index contributed by atoms with van der Waals surface area (Å²) >= 11 is 0. The average molecular weight is 519 g/mol. The third-order valence-corrected chi connectivity index (χ3v) is 11.0. The quantitative estimate of drug-likeness (QED) is 0.494. The van der Waals surface area contributed by atoms with Crippen LogP contribution < -0.4 is 11.1 Å². The second-order valence-corrected chi connectivity index (χ2v) is 13.2. The minimum Gasteiger partial charge on any atom is -0.457 e. The van der Waals surface area contributed by atoms with E-state index >= 15 is 0 Å². The van der Waals surface area contributed by atoms with Gasteiger partial charge in [0.2, 0.25) is 5.91 Å². The van der Waals surface area contributed by atoms with E-state index in [9.17, 15) is 19.2 Å². The number of carbonyl (C=O) groups is 4. The molecule has 0 spiro atoms. The maximum absolute atomic E-state index is 12.5. The summed E-state index contributed by atoms with van der Waals surface area (Å²) in [5.74, 6) is 1.39. The molecular weight excluding hydrogens is 472 g/mol. The number of amides is 1. The molecule has 0 heterocycles. The summed E-state index contributed by atoms with van der Waals surface area (Å²) in [6.45, 7) is 9.37. The third kappa shape index (κ3) is 5.32. The van der Waals surface area contributed by atoms with Gasteiger partial charge in [0.1, 0.15) is 17.9 Å². The van der Waals surface area contributed by atoms with Gasteiger partial charge in [-0.1, -0.05) is 13.8 Å². The lowest BCUT2D eigenvalue weighted by atomic mass is 9.44. The Morgan fingerprint density at radius 3 is 2.30 bits per heavy atom. The molecule has 8 nitrogen and oxygen atoms in total. The molecule has 0 aromatic heterocycles. The van der Waals surface area contributed by atoms with Crippen molar-refractivity contribution < 1.29 is 28.7 Å². The van der Waals surface area contributed by atoms with Gasteiger partial charge in [-0.25, -0.2) is 4.79 Å². The minimum absolute atomic E-state index is 0.164. The van der Waals surface area contributed by atoms with E-state index in [0.29, 0.717) is 29.5 Å². The van der Waals surface area contributed by atoms with Gasteiger partial charge in [-0.3, -0.25) is 14.4 Å². The predicted molar refractivity (Wildman–Crippen MR) is 138 cm³/mol. The fourth-order valence-corrected chi connectivity index (χ4v) is 8.99. The number of ether oxygens (including phenoxy) is 2. The fourth-order valence-electron chi connectivity index (χ4n) is 8.99. The van der Waals surface area contributed by atoms with E-state index in [0.717, 1.165) is 38.5 Å². The van der Waals surface area contributed by atoms with Gasteiger partial charge in [0, 0.05) is 5.92 Å². The van der Waals surface area contributed by atoms with Crippen LogP contribution in [0.3, 0.4) is 0 Å². The predicted octanol–water partition coefficient (Wildman–Crippen LogP) is 3.54. The summed E-state index contributed by atoms with van der Waals surface area (Å²) in [6.07, 6.45) is 9.56. The SMILES string of the molecule is CC(=O)[C@H]1CC[C@H]2[C@@H]3CC[C@H]4C[C@](C)(OC(=O)COC(=O)CNC(=O)[C@H](C)N)CC[C@]4(C)[C@H]3CC[C@]12C. The zero-order valence-corrected chi connectivity index (χ0v) is 23.3. The number of carbonyl (C=O) groups excluding carboxylic acids is 4. The zero-order chi connectivity index (χ0) is 27.2. The molecule has 4 rings (SSSR count). The zero-order valence-electron chi connectivity index (χ0n) is 23.3. The second-order valence-electron chi connectivity index (χ2n) is 13.2. The second kappa shape index (κ2) is 10.3. The van der Waals surface area contributed by atoms with Gasteiger partial charge in [0.15, 0.2) is 6.61 Å². The molecule has 37 heavy (non-hydrogen) atoms. The van der Waals surface area contributed by atoms with Gasteiger partial charge in [-0.15, -0.1) is 0 Å². The van der Waals surface area contributed by atoms with Crippen LogP contribution in [-0.2, 0) is 28.7 Å². The maximum Gasteiger partial charge on any atom is 0.344 e. The average Bonchev–Trinajstić information content (AvgIpc) is 3.19. The van der Waals surface area contributed by atoms with Crippen molar-refractivity contribution in [3.63, 3.8) is 0 Å². The standard InChI is InChI=1S/C29H46N2O6/c1-17(30)26(35)31-15-24(33)36-16-25(34)37-27(3)12-13-28(4)19(14-27)6-7-20-22-9-8-21(18(2)32)29(22,5)11-10-23(20)28/h17,19-23H,6-16,30H2,1-5H3,(H,31,35)/t17-,19-,20-,21+,22-,23-,27+,28-,29+/m0/s1. The van der Waals surface area contributed by atoms with E-state index in [1.165, 1.54) is 26.2 Å². The lowest BCUT2D eigenvalue weighted by Crippen LogP contribution is -2.56. The van der Waals surface area contributed by atoms with Gasteiger partial charge in [0.25, 0.3) is 0 Å². The number of esters is 2. The molecule has 8 heteroatoms. The van der Waals surface area contributed by atoms with Gasteiger partial charge >= 0.3 is 11.9 Å². The van der Waals surface area contributed by atoms with Gasteiger partial charge in [-0.2, -0.15) is 0 Å². The van der Waals surface area contributed by atoms with E-state index in [1.54, 1.807) is 6.92 Å². The van der Waals surface area contributed by atoms with Crippen LogP contribution in [0.25, 0.3) is 0 Å². The van der Waals surface area contributed by atoms with E-state index in [1.807, 2.05) is 6.92 Å². The monoisotopic (exact) mass is 518 g/mol. The van der Waals surface area contributed by atoms with Crippen LogP contribution in [0.4, 0.5) is 0 Å². The molecule has 1 amide bonds. The third-order valence-electron chi connectivity index (χ3n) is 11.0. The first-order valence-electron chi connectivity index (χ1n) is 14.2. The summed E-state index contributed by atoms with van der Waals surface area (Å²) in [4.78, 5) is 48.3. The number of hydrogen-bond acceptors (Lipinski definition) is 7. The number of Topliss-reactive ketones (excluding diaryl/α,β-unsaturated/α-hetero) is 1. The Bertz CT molecular complexity index is 935. The lowest BCUT2D eigenvalue weighted by molar-refractivity contribution is -0.186. The van der Waals surface area contributed by atoms with Crippen LogP contribution in [0.2, 0.25) is 0 Å². The highest BCUT2D eigenvalue weighted by molar-refractivity contribution is 5.85. The summed E-state index contributed by atoms with van der Waals surface area (Å²) in [5, 5.41) is 2.37. The molecule has 4 saturated carbocycles. The van der Waals surface area contributed by atoms with Crippen LogP contribution in [0.5, 0.6) is 0 Å². The first-order chi connectivity index (χ1) is 17.3. The normalized spacial score (nSPS) is 41.4. The fraction of sp³-hybridized carbons (Fsp3) is 0.862. The molecule has 4 aliphatic rings. The minimum atomic E-state index is -0.724. The molecule has 0 unspecified atom stereocenters. The Labute approximate surface area is 221 Å². The number of fused-ring (bicyclic) bond motifs is 5. The van der Waals surface area contributed by atoms with Crippen molar-refractivity contribution in [3.8, 4) is 0 Å². The van der Waals surface area contributed by atoms with Crippen molar-refractivity contribution in [3.05, 3.63) is 0 Å². The van der Waals surface area contributed by atoms with Crippen molar-refractivity contribution in [1.82, 2.24) is 5.32 Å². The molecule has 0 aliphatic heterocycles. The summed E-state index contributed by atoms with van der Waals surface area (Å²) in [7, 11) is 0. The molecule has 0 saturated heterocycles. The van der Waals surface area contributed by atoms with E-state index in [4.69, 9.17) is 15.2 Å². The first kappa shape index (κ1) is 28.1. The van der Waals surface area contributed by atoms with Crippen molar-refractivity contribution in [1.29, 1.82) is 0 Å². The van der Waals surface area contributed by atoms with Crippen LogP contribution >= 0.6 is 0 Å². The Morgan fingerprint density at radius 2 is 1.62 bits per heavy atom. The molecule has 0 aromatic carbocycles. The number of rotatable bonds is 7. The first-order valence-corrected chi connectivity index (χ1v) is 14.2. The largest absolute Gasteiger partial charge is 0.457 e. The van der Waals surface area contributed by atoms with Crippen LogP contribution in [0, 0.1) is 40.4 Å². The van der Waals surface area contributed by atoms with Gasteiger partial charge in [-0.05, 0) is 113 Å². The number of nitrogens with one attached hydrogen (secondary N) is 1. The van der Waals surface area contributed by atoms with Gasteiger partial charge < -0.3 is 20.5 Å². The van der Waals surface area contributed by atoms with Crippen molar-refractivity contribution in [2.24, 2.45) is 46.2 Å². The summed E-state index contributed by atoms with van der Waals surface area (Å²) in [5.41, 5.74) is 5.28. The molecule has 4 aliphatic carbocycles. The highest BCUT2D eigenvalue weighted by Gasteiger charge is 2.61. The lowest BCUT2D eigenvalue weighted by Gasteiger charge is -2.62. The number of nitrogens with two attached hydrogens (primary N) is 1. The molecular formula is C29H46N2O6. The molecule has 0 aromatic rings. The van der Waals surface area contributed by atoms with E-state index in [2.05, 4.69) is 19.2 Å². The molecule has 9 atom stereocenters. The number of ketones is 1. The van der Waals surface area contributed by atoms with Crippen molar-refractivity contribution in [2.75, 3.05) is 13.2 Å². The molecule has 3 N–H and O–H groups in total. The maximum atomic E-state index is 12.5. The highest BCUT2D eigenvalue weighted by Crippen LogP contribution is 2.68. The molecule has 0 bridgehead atoms. The van der Waals surface area contributed by atoms with E-state index in [-0.39, 0.29) is 23.3 Å². The Morgan fingerprint density at radius 1 is 0.919 bits per heavy atom. The van der Waals surface area contributed by atoms with Crippen molar-refractivity contribution >= 4 is 23.6 Å². The van der Waals surface area contributed by atoms with Crippen LogP contribution in [0.1, 0.15) is 92.4 Å². The topological polar surface area (TPSA) is 125 Å². The summed E-state index contributed by atoms with van der Waals surface area (Å²) < 4.78 is 10.9. The molecule has 0 radical (unpaired) electrons. The Kier molecular flexibility index (Phi) is 7.82. The highest BCUT2D eigenvalue weighted by atomic mass is 16.6. The summed E-state index contributed by atoms with van der Waals surface area (Å²) in [6, 6.07) is -0.724.